The van der Waals surface area contributed by atoms with E-state index >= 15 is 0 Å². The van der Waals surface area contributed by atoms with E-state index in [1.807, 2.05) is 19.9 Å². The van der Waals surface area contributed by atoms with Crippen molar-refractivity contribution in [3.63, 3.8) is 0 Å². The SMILES string of the molecule is COC(=O)c1cc(CN(C)C(=O)c2cnn3c(C)cc(C)nc23)oc1C. The maximum Gasteiger partial charge on any atom is 0.341 e. The van der Waals surface area contributed by atoms with Crippen LogP contribution in [0.3, 0.4) is 0 Å². The lowest BCUT2D eigenvalue weighted by atomic mass is 10.2. The maximum atomic E-state index is 12.8. The van der Waals surface area contributed by atoms with Gasteiger partial charge in [0, 0.05) is 18.4 Å². The van der Waals surface area contributed by atoms with Gasteiger partial charge in [-0.2, -0.15) is 5.10 Å². The summed E-state index contributed by atoms with van der Waals surface area (Å²) >= 11 is 0. The fourth-order valence-electron chi connectivity index (χ4n) is 2.87. The van der Waals surface area contributed by atoms with Crippen molar-refractivity contribution in [2.24, 2.45) is 0 Å². The van der Waals surface area contributed by atoms with Crippen molar-refractivity contribution in [2.75, 3.05) is 14.2 Å². The number of nitrogens with zero attached hydrogens (tertiary/aromatic N) is 4. The molecule has 0 radical (unpaired) electrons. The molecule has 0 saturated carbocycles. The Morgan fingerprint density at radius 3 is 2.65 bits per heavy atom. The van der Waals surface area contributed by atoms with E-state index in [0.29, 0.717) is 28.3 Å². The van der Waals surface area contributed by atoms with Gasteiger partial charge >= 0.3 is 5.97 Å². The van der Waals surface area contributed by atoms with Gasteiger partial charge in [-0.25, -0.2) is 14.3 Å². The van der Waals surface area contributed by atoms with Gasteiger partial charge < -0.3 is 14.1 Å². The average molecular weight is 356 g/mol. The summed E-state index contributed by atoms with van der Waals surface area (Å²) in [5.74, 6) is 0.252. The molecule has 0 aromatic carbocycles. The molecule has 0 spiro atoms. The van der Waals surface area contributed by atoms with Crippen molar-refractivity contribution in [1.82, 2.24) is 19.5 Å². The first kappa shape index (κ1) is 17.7. The summed E-state index contributed by atoms with van der Waals surface area (Å²) in [6.07, 6.45) is 1.51. The third-order valence-corrected chi connectivity index (χ3v) is 4.12. The number of methoxy groups -OCH3 is 1. The van der Waals surface area contributed by atoms with Crippen LogP contribution in [0.15, 0.2) is 22.7 Å². The topological polar surface area (TPSA) is 89.9 Å². The summed E-state index contributed by atoms with van der Waals surface area (Å²) in [7, 11) is 2.97. The van der Waals surface area contributed by atoms with E-state index in [2.05, 4.69) is 10.1 Å². The molecule has 1 amide bonds. The fraction of sp³-hybridized carbons (Fsp3) is 0.333. The van der Waals surface area contributed by atoms with Crippen LogP contribution in [0.4, 0.5) is 0 Å². The smallest absolute Gasteiger partial charge is 0.341 e. The van der Waals surface area contributed by atoms with Crippen LogP contribution < -0.4 is 0 Å². The molecule has 0 atom stereocenters. The van der Waals surface area contributed by atoms with Gasteiger partial charge in [-0.15, -0.1) is 0 Å². The van der Waals surface area contributed by atoms with E-state index in [1.54, 1.807) is 24.6 Å². The molecule has 3 aromatic rings. The Hall–Kier alpha value is -3.16. The minimum Gasteiger partial charge on any atom is -0.465 e. The zero-order chi connectivity index (χ0) is 19.0. The number of carbonyl (C=O) groups excluding carboxylic acids is 2. The molecule has 26 heavy (non-hydrogen) atoms. The van der Waals surface area contributed by atoms with Gasteiger partial charge in [-0.3, -0.25) is 4.79 Å². The van der Waals surface area contributed by atoms with Crippen LogP contribution in [-0.4, -0.2) is 45.5 Å². The van der Waals surface area contributed by atoms with Crippen molar-refractivity contribution in [3.8, 4) is 0 Å². The summed E-state index contributed by atoms with van der Waals surface area (Å²) < 4.78 is 11.9. The van der Waals surface area contributed by atoms with Crippen LogP contribution in [-0.2, 0) is 11.3 Å². The zero-order valence-corrected chi connectivity index (χ0v) is 15.4. The summed E-state index contributed by atoms with van der Waals surface area (Å²) in [5, 5.41) is 4.24. The standard InChI is InChI=1S/C18H20N4O4/c1-10-6-11(2)22-16(20-10)15(8-19-22)17(23)21(4)9-13-7-14(12(3)26-13)18(24)25-5/h6-8H,9H2,1-5H3. The Kier molecular flexibility index (Phi) is 4.50. The van der Waals surface area contributed by atoms with Crippen LogP contribution in [0.1, 0.15) is 43.6 Å². The van der Waals surface area contributed by atoms with Crippen LogP contribution in [0, 0.1) is 20.8 Å². The Morgan fingerprint density at radius 2 is 1.96 bits per heavy atom. The number of amides is 1. The van der Waals surface area contributed by atoms with Gasteiger partial charge in [0.25, 0.3) is 5.91 Å². The average Bonchev–Trinajstić information content (AvgIpc) is 3.17. The number of rotatable bonds is 4. The summed E-state index contributed by atoms with van der Waals surface area (Å²) in [6, 6.07) is 3.49. The van der Waals surface area contributed by atoms with E-state index < -0.39 is 5.97 Å². The minimum absolute atomic E-state index is 0.207. The zero-order valence-electron chi connectivity index (χ0n) is 15.4. The van der Waals surface area contributed by atoms with E-state index in [-0.39, 0.29) is 12.5 Å². The molecule has 0 bridgehead atoms. The predicted molar refractivity (Wildman–Crippen MR) is 93.0 cm³/mol. The van der Waals surface area contributed by atoms with E-state index in [0.717, 1.165) is 11.4 Å². The lowest BCUT2D eigenvalue weighted by molar-refractivity contribution is 0.0598. The molecular formula is C18H20N4O4. The molecule has 3 aromatic heterocycles. The number of ether oxygens (including phenoxy) is 1. The van der Waals surface area contributed by atoms with Crippen molar-refractivity contribution >= 4 is 17.5 Å². The summed E-state index contributed by atoms with van der Waals surface area (Å²) in [5.41, 5.74) is 3.00. The Bertz CT molecular complexity index is 1000. The second kappa shape index (κ2) is 6.62. The van der Waals surface area contributed by atoms with Crippen LogP contribution in [0.25, 0.3) is 5.65 Å². The number of furan rings is 1. The van der Waals surface area contributed by atoms with Gasteiger partial charge in [0.15, 0.2) is 5.65 Å². The van der Waals surface area contributed by atoms with Gasteiger partial charge in [-0.1, -0.05) is 0 Å². The highest BCUT2D eigenvalue weighted by Crippen LogP contribution is 2.19. The molecule has 0 aliphatic heterocycles. The van der Waals surface area contributed by atoms with Crippen molar-refractivity contribution < 1.29 is 18.7 Å². The summed E-state index contributed by atoms with van der Waals surface area (Å²) in [4.78, 5) is 30.4. The molecule has 0 fully saturated rings. The molecule has 0 aliphatic rings. The molecule has 8 nitrogen and oxygen atoms in total. The molecule has 136 valence electrons. The predicted octanol–water partition coefficient (Wildman–Crippen LogP) is 2.31. The lowest BCUT2D eigenvalue weighted by Crippen LogP contribution is -2.26. The number of aryl methyl sites for hydroxylation is 3. The first-order chi connectivity index (χ1) is 12.3. The number of carbonyl (C=O) groups is 2. The highest BCUT2D eigenvalue weighted by Gasteiger charge is 2.22. The highest BCUT2D eigenvalue weighted by molar-refractivity contribution is 5.99. The third kappa shape index (κ3) is 3.05. The van der Waals surface area contributed by atoms with Crippen LogP contribution in [0.5, 0.6) is 0 Å². The largest absolute Gasteiger partial charge is 0.465 e. The number of hydrogen-bond donors (Lipinski definition) is 0. The van der Waals surface area contributed by atoms with E-state index in [4.69, 9.17) is 9.15 Å². The Morgan fingerprint density at radius 1 is 1.23 bits per heavy atom. The number of aromatic nitrogens is 3. The van der Waals surface area contributed by atoms with Crippen molar-refractivity contribution in [1.29, 1.82) is 0 Å². The number of fused-ring (bicyclic) bond motifs is 1. The molecule has 0 saturated heterocycles. The first-order valence-corrected chi connectivity index (χ1v) is 8.07. The molecule has 0 N–H and O–H groups in total. The number of hydrogen-bond acceptors (Lipinski definition) is 6. The monoisotopic (exact) mass is 356 g/mol. The lowest BCUT2D eigenvalue weighted by Gasteiger charge is -2.14. The quantitative estimate of drug-likeness (QED) is 0.666. The second-order valence-corrected chi connectivity index (χ2v) is 6.17. The van der Waals surface area contributed by atoms with Crippen LogP contribution >= 0.6 is 0 Å². The van der Waals surface area contributed by atoms with Crippen LogP contribution in [0.2, 0.25) is 0 Å². The van der Waals surface area contributed by atoms with Gasteiger partial charge in [0.05, 0.1) is 19.9 Å². The maximum absolute atomic E-state index is 12.8. The van der Waals surface area contributed by atoms with Gasteiger partial charge in [0.1, 0.15) is 22.6 Å². The third-order valence-electron chi connectivity index (χ3n) is 4.12. The summed E-state index contributed by atoms with van der Waals surface area (Å²) in [6.45, 7) is 5.67. The minimum atomic E-state index is -0.468. The molecule has 3 heterocycles. The Labute approximate surface area is 150 Å². The molecule has 3 rings (SSSR count). The normalized spacial score (nSPS) is 11.0. The fourth-order valence-corrected chi connectivity index (χ4v) is 2.87. The number of esters is 1. The molecular weight excluding hydrogens is 336 g/mol. The van der Waals surface area contributed by atoms with Gasteiger partial charge in [-0.05, 0) is 32.9 Å². The molecule has 8 heteroatoms. The first-order valence-electron chi connectivity index (χ1n) is 8.07. The van der Waals surface area contributed by atoms with E-state index in [9.17, 15) is 9.59 Å². The van der Waals surface area contributed by atoms with E-state index in [1.165, 1.54) is 18.2 Å². The van der Waals surface area contributed by atoms with Crippen molar-refractivity contribution in [3.05, 3.63) is 52.4 Å². The molecule has 0 aliphatic carbocycles. The highest BCUT2D eigenvalue weighted by atomic mass is 16.5. The molecule has 0 unspecified atom stereocenters. The van der Waals surface area contributed by atoms with Gasteiger partial charge in [0.2, 0.25) is 0 Å². The second-order valence-electron chi connectivity index (χ2n) is 6.17. The Balaban J connectivity index is 1.86. The van der Waals surface area contributed by atoms with Crippen molar-refractivity contribution in [2.45, 2.75) is 27.3 Å².